The van der Waals surface area contributed by atoms with Gasteiger partial charge in [0, 0.05) is 18.3 Å². The van der Waals surface area contributed by atoms with Gasteiger partial charge in [0.2, 0.25) is 5.95 Å². The van der Waals surface area contributed by atoms with Gasteiger partial charge >= 0.3 is 6.18 Å². The molecule has 2 aromatic rings. The highest BCUT2D eigenvalue weighted by Crippen LogP contribution is 2.27. The zero-order valence-electron chi connectivity index (χ0n) is 12.9. The lowest BCUT2D eigenvalue weighted by Gasteiger charge is -2.14. The van der Waals surface area contributed by atoms with E-state index < -0.39 is 11.9 Å². The number of alkyl halides is 3. The van der Waals surface area contributed by atoms with Crippen LogP contribution in [-0.2, 0) is 12.7 Å². The number of hydrogen-bond donors (Lipinski definition) is 1. The van der Waals surface area contributed by atoms with E-state index in [0.29, 0.717) is 18.3 Å². The molecule has 0 amide bonds. The highest BCUT2D eigenvalue weighted by Gasteiger charge is 2.32. The second-order valence-electron chi connectivity index (χ2n) is 5.43. The summed E-state index contributed by atoms with van der Waals surface area (Å²) in [5, 5.41) is 2.80. The lowest BCUT2D eigenvalue weighted by atomic mass is 10.2. The molecule has 0 radical (unpaired) electrons. The number of anilines is 1. The van der Waals surface area contributed by atoms with Gasteiger partial charge in [-0.3, -0.25) is 0 Å². The maximum atomic E-state index is 12.6. The molecule has 1 aromatic carbocycles. The third-order valence-corrected chi connectivity index (χ3v) is 2.93. The van der Waals surface area contributed by atoms with Crippen molar-refractivity contribution in [1.82, 2.24) is 9.97 Å². The topological polar surface area (TPSA) is 47.0 Å². The molecule has 0 spiro atoms. The second kappa shape index (κ2) is 7.30. The largest absolute Gasteiger partial charge is 0.493 e. The molecule has 1 aromatic heterocycles. The maximum absolute atomic E-state index is 12.6. The standard InChI is InChI=1S/C16H18F3N3O/c1-11(2)10-23-13-6-4-3-5-12(13)9-21-15-20-8-7-14(22-15)16(17,18)19/h3-8,11H,9-10H2,1-2H3,(H,20,21,22). The van der Waals surface area contributed by atoms with Gasteiger partial charge in [0.05, 0.1) is 6.61 Å². The van der Waals surface area contributed by atoms with Crippen molar-refractivity contribution >= 4 is 5.95 Å². The van der Waals surface area contributed by atoms with E-state index in [2.05, 4.69) is 15.3 Å². The smallest absolute Gasteiger partial charge is 0.433 e. The molecule has 0 unspecified atom stereocenters. The lowest BCUT2D eigenvalue weighted by molar-refractivity contribution is -0.141. The second-order valence-corrected chi connectivity index (χ2v) is 5.43. The van der Waals surface area contributed by atoms with Gasteiger partial charge < -0.3 is 10.1 Å². The van der Waals surface area contributed by atoms with Crippen LogP contribution in [0, 0.1) is 5.92 Å². The van der Waals surface area contributed by atoms with Crippen LogP contribution in [0.1, 0.15) is 25.1 Å². The van der Waals surface area contributed by atoms with Gasteiger partial charge in [0.25, 0.3) is 0 Å². The van der Waals surface area contributed by atoms with E-state index in [1.807, 2.05) is 38.1 Å². The molecule has 0 fully saturated rings. The van der Waals surface area contributed by atoms with Crippen molar-refractivity contribution in [3.63, 3.8) is 0 Å². The molecule has 0 saturated heterocycles. The molecule has 1 N–H and O–H groups in total. The summed E-state index contributed by atoms with van der Waals surface area (Å²) < 4.78 is 43.6. The zero-order valence-corrected chi connectivity index (χ0v) is 12.9. The number of hydrogen-bond acceptors (Lipinski definition) is 4. The normalized spacial score (nSPS) is 11.6. The Labute approximate surface area is 132 Å². The Morgan fingerprint density at radius 2 is 1.91 bits per heavy atom. The van der Waals surface area contributed by atoms with Crippen LogP contribution in [0.25, 0.3) is 0 Å². The van der Waals surface area contributed by atoms with Crippen LogP contribution in [0.5, 0.6) is 5.75 Å². The molecule has 1 heterocycles. The first-order valence-corrected chi connectivity index (χ1v) is 7.21. The van der Waals surface area contributed by atoms with Crippen molar-refractivity contribution < 1.29 is 17.9 Å². The molecule has 124 valence electrons. The van der Waals surface area contributed by atoms with Gasteiger partial charge in [-0.25, -0.2) is 9.97 Å². The molecule has 4 nitrogen and oxygen atoms in total. The van der Waals surface area contributed by atoms with E-state index in [-0.39, 0.29) is 12.5 Å². The predicted octanol–water partition coefficient (Wildman–Crippen LogP) is 4.14. The summed E-state index contributed by atoms with van der Waals surface area (Å²) >= 11 is 0. The average molecular weight is 325 g/mol. The van der Waals surface area contributed by atoms with Crippen molar-refractivity contribution in [2.45, 2.75) is 26.6 Å². The molecular weight excluding hydrogens is 307 g/mol. The fourth-order valence-electron chi connectivity index (χ4n) is 1.82. The van der Waals surface area contributed by atoms with Crippen molar-refractivity contribution in [1.29, 1.82) is 0 Å². The minimum atomic E-state index is -4.49. The third-order valence-electron chi connectivity index (χ3n) is 2.93. The summed E-state index contributed by atoms with van der Waals surface area (Å²) in [5.74, 6) is 1.00. The Morgan fingerprint density at radius 1 is 1.17 bits per heavy atom. The van der Waals surface area contributed by atoms with Crippen molar-refractivity contribution in [2.75, 3.05) is 11.9 Å². The molecule has 0 aliphatic rings. The van der Waals surface area contributed by atoms with Crippen LogP contribution in [-0.4, -0.2) is 16.6 Å². The summed E-state index contributed by atoms with van der Waals surface area (Å²) in [4.78, 5) is 7.28. The molecular formula is C16H18F3N3O. The number of halogens is 3. The summed E-state index contributed by atoms with van der Waals surface area (Å²) in [5.41, 5.74) is -0.145. The van der Waals surface area contributed by atoms with E-state index in [1.54, 1.807) is 0 Å². The van der Waals surface area contributed by atoms with Crippen LogP contribution in [0.2, 0.25) is 0 Å². The molecule has 0 atom stereocenters. The van der Waals surface area contributed by atoms with E-state index in [4.69, 9.17) is 4.74 Å². The highest BCUT2D eigenvalue weighted by molar-refractivity contribution is 5.37. The number of rotatable bonds is 6. The van der Waals surface area contributed by atoms with Crippen LogP contribution in [0.15, 0.2) is 36.5 Å². The Balaban J connectivity index is 2.06. The Morgan fingerprint density at radius 3 is 2.61 bits per heavy atom. The van der Waals surface area contributed by atoms with Crippen molar-refractivity contribution in [3.05, 3.63) is 47.8 Å². The number of nitrogens with one attached hydrogen (secondary N) is 1. The van der Waals surface area contributed by atoms with Gasteiger partial charge in [-0.1, -0.05) is 32.0 Å². The lowest BCUT2D eigenvalue weighted by Crippen LogP contribution is -2.12. The fourth-order valence-corrected chi connectivity index (χ4v) is 1.82. The Bertz CT molecular complexity index is 644. The average Bonchev–Trinajstić information content (AvgIpc) is 2.51. The molecule has 2 rings (SSSR count). The summed E-state index contributed by atoms with van der Waals surface area (Å²) in [7, 11) is 0. The van der Waals surface area contributed by atoms with E-state index >= 15 is 0 Å². The number of benzene rings is 1. The number of aromatic nitrogens is 2. The zero-order chi connectivity index (χ0) is 16.9. The van der Waals surface area contributed by atoms with E-state index in [9.17, 15) is 13.2 Å². The Hall–Kier alpha value is -2.31. The minimum Gasteiger partial charge on any atom is -0.493 e. The third kappa shape index (κ3) is 5.12. The van der Waals surface area contributed by atoms with E-state index in [0.717, 1.165) is 17.8 Å². The quantitative estimate of drug-likeness (QED) is 0.867. The van der Waals surface area contributed by atoms with Crippen molar-refractivity contribution in [2.24, 2.45) is 5.92 Å². The Kier molecular flexibility index (Phi) is 5.41. The van der Waals surface area contributed by atoms with E-state index in [1.165, 1.54) is 0 Å². The fraction of sp³-hybridized carbons (Fsp3) is 0.375. The first kappa shape index (κ1) is 17.1. The molecule has 7 heteroatoms. The van der Waals surface area contributed by atoms with Crippen molar-refractivity contribution in [3.8, 4) is 5.75 Å². The van der Waals surface area contributed by atoms with Crippen LogP contribution >= 0.6 is 0 Å². The number of nitrogens with zero attached hydrogens (tertiary/aromatic N) is 2. The molecule has 0 saturated carbocycles. The summed E-state index contributed by atoms with van der Waals surface area (Å²) in [6, 6.07) is 8.19. The molecule has 0 bridgehead atoms. The highest BCUT2D eigenvalue weighted by atomic mass is 19.4. The predicted molar refractivity (Wildman–Crippen MR) is 81.1 cm³/mol. The molecule has 23 heavy (non-hydrogen) atoms. The SMILES string of the molecule is CC(C)COc1ccccc1CNc1nccc(C(F)(F)F)n1. The monoisotopic (exact) mass is 325 g/mol. The van der Waals surface area contributed by atoms with Gasteiger partial charge in [-0.05, 0) is 18.1 Å². The van der Waals surface area contributed by atoms with Crippen LogP contribution in [0.3, 0.4) is 0 Å². The first-order chi connectivity index (χ1) is 10.9. The molecule has 0 aliphatic heterocycles. The van der Waals surface area contributed by atoms with Gasteiger partial charge in [0.1, 0.15) is 11.4 Å². The maximum Gasteiger partial charge on any atom is 0.433 e. The first-order valence-electron chi connectivity index (χ1n) is 7.21. The van der Waals surface area contributed by atoms with Crippen LogP contribution < -0.4 is 10.1 Å². The summed E-state index contributed by atoms with van der Waals surface area (Å²) in [6.45, 7) is 4.92. The molecule has 0 aliphatic carbocycles. The van der Waals surface area contributed by atoms with Crippen LogP contribution in [0.4, 0.5) is 19.1 Å². The summed E-state index contributed by atoms with van der Waals surface area (Å²) in [6.07, 6.45) is -3.41. The number of para-hydroxylation sites is 1. The minimum absolute atomic E-state index is 0.0708. The van der Waals surface area contributed by atoms with Gasteiger partial charge in [0.15, 0.2) is 0 Å². The van der Waals surface area contributed by atoms with Gasteiger partial charge in [-0.2, -0.15) is 13.2 Å². The van der Waals surface area contributed by atoms with Gasteiger partial charge in [-0.15, -0.1) is 0 Å². The number of ether oxygens (including phenoxy) is 1.